The summed E-state index contributed by atoms with van der Waals surface area (Å²) in [7, 11) is 2.13. The Morgan fingerprint density at radius 2 is 1.91 bits per heavy atom. The van der Waals surface area contributed by atoms with Crippen LogP contribution in [0.2, 0.25) is 0 Å². The number of hydrogen-bond acceptors (Lipinski definition) is 5. The molecule has 3 N–H and O–H groups in total. The van der Waals surface area contributed by atoms with Gasteiger partial charge >= 0.3 is 6.18 Å². The van der Waals surface area contributed by atoms with Gasteiger partial charge in [0.1, 0.15) is 5.56 Å². The zero-order valence-electron chi connectivity index (χ0n) is 18.3. The molecule has 0 spiro atoms. The lowest BCUT2D eigenvalue weighted by Gasteiger charge is -2.44. The second-order valence-corrected chi connectivity index (χ2v) is 8.96. The molecule has 2 aromatic rings. The summed E-state index contributed by atoms with van der Waals surface area (Å²) in [6.07, 6.45) is 3.13. The van der Waals surface area contributed by atoms with Crippen LogP contribution >= 0.6 is 0 Å². The lowest BCUT2D eigenvalue weighted by atomic mass is 9.80. The van der Waals surface area contributed by atoms with Crippen molar-refractivity contribution < 1.29 is 18.0 Å². The number of carbonyl (C=O) groups excluding carboxylic acids is 1. The quantitative estimate of drug-likeness (QED) is 0.663. The van der Waals surface area contributed by atoms with E-state index in [0.717, 1.165) is 31.4 Å². The smallest absolute Gasteiger partial charge is 0.365 e. The van der Waals surface area contributed by atoms with Gasteiger partial charge in [0.25, 0.3) is 5.91 Å². The molecular weight excluding hydrogens is 433 g/mol. The van der Waals surface area contributed by atoms with E-state index in [1.165, 1.54) is 37.6 Å². The lowest BCUT2D eigenvalue weighted by Crippen LogP contribution is -2.47. The molecule has 7 nitrogen and oxygen atoms in total. The summed E-state index contributed by atoms with van der Waals surface area (Å²) in [5.74, 6) is -0.818. The lowest BCUT2D eigenvalue weighted by molar-refractivity contribution is -0.137. The molecule has 1 aromatic carbocycles. The minimum Gasteiger partial charge on any atom is -0.365 e. The number of nitrogens with zero attached hydrogens (tertiary/aromatic N) is 4. The van der Waals surface area contributed by atoms with Crippen LogP contribution in [0.1, 0.15) is 60.5 Å². The van der Waals surface area contributed by atoms with Crippen LogP contribution < -0.4 is 11.1 Å². The number of hydrogen-bond donors (Lipinski definition) is 2. The van der Waals surface area contributed by atoms with Crippen molar-refractivity contribution in [3.8, 4) is 6.07 Å². The molecule has 3 atom stereocenters. The van der Waals surface area contributed by atoms with Crippen molar-refractivity contribution in [3.05, 3.63) is 41.6 Å². The molecule has 2 fully saturated rings. The van der Waals surface area contributed by atoms with Crippen molar-refractivity contribution in [3.63, 3.8) is 0 Å². The summed E-state index contributed by atoms with van der Waals surface area (Å²) in [5.41, 5.74) is 5.23. The minimum absolute atomic E-state index is 0.125. The van der Waals surface area contributed by atoms with Gasteiger partial charge in [0.15, 0.2) is 5.82 Å². The van der Waals surface area contributed by atoms with E-state index in [9.17, 15) is 23.2 Å². The molecular formula is C23H27F3N6O. The van der Waals surface area contributed by atoms with Gasteiger partial charge in [0.2, 0.25) is 0 Å². The molecule has 0 unspecified atom stereocenters. The second kappa shape index (κ2) is 9.06. The van der Waals surface area contributed by atoms with Crippen LogP contribution in [0.15, 0.2) is 30.5 Å². The average molecular weight is 461 g/mol. The van der Waals surface area contributed by atoms with Gasteiger partial charge in [-0.2, -0.15) is 23.5 Å². The Morgan fingerprint density at radius 1 is 1.21 bits per heavy atom. The van der Waals surface area contributed by atoms with Gasteiger partial charge < -0.3 is 16.0 Å². The zero-order valence-corrected chi connectivity index (χ0v) is 18.3. The third-order valence-corrected chi connectivity index (χ3v) is 6.99. The third-order valence-electron chi connectivity index (χ3n) is 6.99. The number of aromatic nitrogens is 2. The molecule has 1 heterocycles. The Morgan fingerprint density at radius 3 is 2.45 bits per heavy atom. The van der Waals surface area contributed by atoms with Crippen molar-refractivity contribution >= 4 is 17.4 Å². The first-order chi connectivity index (χ1) is 15.7. The molecule has 1 amide bonds. The van der Waals surface area contributed by atoms with E-state index < -0.39 is 17.6 Å². The number of amides is 1. The first-order valence-corrected chi connectivity index (χ1v) is 11.1. The van der Waals surface area contributed by atoms with E-state index >= 15 is 0 Å². The molecule has 0 saturated heterocycles. The highest BCUT2D eigenvalue weighted by Gasteiger charge is 2.37. The maximum Gasteiger partial charge on any atom is 0.416 e. The largest absolute Gasteiger partial charge is 0.416 e. The highest BCUT2D eigenvalue weighted by molar-refractivity contribution is 5.98. The summed E-state index contributed by atoms with van der Waals surface area (Å²) < 4.78 is 40.1. The van der Waals surface area contributed by atoms with Crippen LogP contribution in [0.4, 0.5) is 24.7 Å². The number of benzene rings is 1. The van der Waals surface area contributed by atoms with Crippen molar-refractivity contribution in [2.45, 2.75) is 62.8 Å². The molecule has 0 bridgehead atoms. The van der Waals surface area contributed by atoms with E-state index in [-0.39, 0.29) is 23.3 Å². The topological polar surface area (TPSA) is 100.0 Å². The van der Waals surface area contributed by atoms with E-state index in [1.54, 1.807) is 4.68 Å². The Labute approximate surface area is 190 Å². The number of halogens is 3. The molecule has 10 heteroatoms. The highest BCUT2D eigenvalue weighted by Crippen LogP contribution is 2.39. The molecule has 33 heavy (non-hydrogen) atoms. The van der Waals surface area contributed by atoms with E-state index in [1.807, 2.05) is 0 Å². The van der Waals surface area contributed by atoms with Crippen LogP contribution in [-0.2, 0) is 6.18 Å². The SMILES string of the molecule is CN(C1CCC1)[C@H]1CC[C@@H](n2cc(C(N)=O)c(Nc3ccc(C(F)(F)F)cc3)n2)[C@H](C#N)C1. The maximum atomic E-state index is 12.8. The summed E-state index contributed by atoms with van der Waals surface area (Å²) >= 11 is 0. The van der Waals surface area contributed by atoms with E-state index in [2.05, 4.69) is 28.4 Å². The van der Waals surface area contributed by atoms with Gasteiger partial charge in [-0.3, -0.25) is 9.48 Å². The van der Waals surface area contributed by atoms with E-state index in [4.69, 9.17) is 5.73 Å². The van der Waals surface area contributed by atoms with Crippen LogP contribution in [-0.4, -0.2) is 39.7 Å². The normalized spacial score (nSPS) is 23.7. The van der Waals surface area contributed by atoms with Gasteiger partial charge in [0, 0.05) is 24.0 Å². The highest BCUT2D eigenvalue weighted by atomic mass is 19.4. The number of rotatable bonds is 6. The number of nitrogens with one attached hydrogen (secondary N) is 1. The van der Waals surface area contributed by atoms with Gasteiger partial charge in [-0.25, -0.2) is 0 Å². The summed E-state index contributed by atoms with van der Waals surface area (Å²) in [4.78, 5) is 14.4. The predicted molar refractivity (Wildman–Crippen MR) is 117 cm³/mol. The molecule has 0 aliphatic heterocycles. The fourth-order valence-electron chi connectivity index (χ4n) is 4.76. The number of primary amides is 1. The fraction of sp³-hybridized carbons (Fsp3) is 0.522. The maximum absolute atomic E-state index is 12.8. The standard InChI is InChI=1S/C23H27F3N6O/c1-31(17-3-2-4-17)18-9-10-20(14(11-18)12-27)32-13-19(21(28)33)22(30-32)29-16-7-5-15(6-8-16)23(24,25)26/h5-8,13-14,17-18,20H,2-4,9-11H2,1H3,(H2,28,33)(H,29,30)/t14-,18-,20+/m0/s1. The molecule has 4 rings (SSSR count). The van der Waals surface area contributed by atoms with Crippen molar-refractivity contribution in [1.82, 2.24) is 14.7 Å². The van der Waals surface area contributed by atoms with Gasteiger partial charge in [-0.05, 0) is 63.4 Å². The molecule has 2 aliphatic carbocycles. The van der Waals surface area contributed by atoms with Gasteiger partial charge in [0.05, 0.1) is 23.6 Å². The number of carbonyl (C=O) groups is 1. The Bertz CT molecular complexity index is 1040. The molecule has 176 valence electrons. The van der Waals surface area contributed by atoms with Crippen LogP contribution in [0.25, 0.3) is 0 Å². The van der Waals surface area contributed by atoms with Gasteiger partial charge in [-0.15, -0.1) is 0 Å². The third kappa shape index (κ3) is 4.83. The minimum atomic E-state index is -4.43. The number of nitrogens with two attached hydrogens (primary N) is 1. The van der Waals surface area contributed by atoms with Gasteiger partial charge in [-0.1, -0.05) is 6.42 Å². The average Bonchev–Trinajstić information content (AvgIpc) is 3.15. The van der Waals surface area contributed by atoms with Crippen LogP contribution in [0.5, 0.6) is 0 Å². The Balaban J connectivity index is 1.52. The summed E-state index contributed by atoms with van der Waals surface area (Å²) in [5, 5.41) is 17.2. The van der Waals surface area contributed by atoms with Crippen molar-refractivity contribution in [1.29, 1.82) is 5.26 Å². The first-order valence-electron chi connectivity index (χ1n) is 11.1. The monoisotopic (exact) mass is 460 g/mol. The van der Waals surface area contributed by atoms with Crippen molar-refractivity contribution in [2.24, 2.45) is 11.7 Å². The Hall–Kier alpha value is -3.06. The summed E-state index contributed by atoms with van der Waals surface area (Å²) in [6.45, 7) is 0. The molecule has 2 saturated carbocycles. The van der Waals surface area contributed by atoms with E-state index in [0.29, 0.717) is 17.8 Å². The summed E-state index contributed by atoms with van der Waals surface area (Å²) in [6, 6.07) is 7.58. The van der Waals surface area contributed by atoms with Crippen molar-refractivity contribution in [2.75, 3.05) is 12.4 Å². The zero-order chi connectivity index (χ0) is 23.8. The molecule has 0 radical (unpaired) electrons. The number of anilines is 2. The van der Waals surface area contributed by atoms with Crippen LogP contribution in [0, 0.1) is 17.2 Å². The van der Waals surface area contributed by atoms with Crippen LogP contribution in [0.3, 0.4) is 0 Å². The number of nitriles is 1. The molecule has 1 aromatic heterocycles. The fourth-order valence-corrected chi connectivity index (χ4v) is 4.76. The predicted octanol–water partition coefficient (Wildman–Crippen LogP) is 4.46. The molecule has 2 aliphatic rings. The number of alkyl halides is 3. The second-order valence-electron chi connectivity index (χ2n) is 8.96. The first kappa shape index (κ1) is 23.1. The Kier molecular flexibility index (Phi) is 6.34.